The van der Waals surface area contributed by atoms with Crippen molar-refractivity contribution in [2.24, 2.45) is 0 Å². The van der Waals surface area contributed by atoms with E-state index in [2.05, 4.69) is 23.0 Å². The zero-order chi connectivity index (χ0) is 16.9. The van der Waals surface area contributed by atoms with Gasteiger partial charge in [-0.2, -0.15) is 5.26 Å². The predicted molar refractivity (Wildman–Crippen MR) is 96.4 cm³/mol. The van der Waals surface area contributed by atoms with Crippen molar-refractivity contribution in [2.75, 3.05) is 0 Å². The van der Waals surface area contributed by atoms with Crippen molar-refractivity contribution in [3.63, 3.8) is 0 Å². The number of nitriles is 1. The Hall–Kier alpha value is -3.06. The summed E-state index contributed by atoms with van der Waals surface area (Å²) in [6.45, 7) is 4.11. The molecule has 0 saturated heterocycles. The molecule has 0 aliphatic rings. The summed E-state index contributed by atoms with van der Waals surface area (Å²) < 4.78 is 5.95. The Bertz CT molecular complexity index is 885. The zero-order valence-corrected chi connectivity index (χ0v) is 13.8. The highest BCUT2D eigenvalue weighted by Gasteiger charge is 2.10. The summed E-state index contributed by atoms with van der Waals surface area (Å²) in [5.41, 5.74) is 3.11. The average Bonchev–Trinajstić information content (AvgIpc) is 3.04. The number of allylic oxidation sites excluding steroid dienone is 1. The molecule has 1 N–H and O–H groups in total. The maximum Gasteiger partial charge on any atom is 0.149 e. The van der Waals surface area contributed by atoms with E-state index in [-0.39, 0.29) is 6.10 Å². The van der Waals surface area contributed by atoms with E-state index in [1.165, 1.54) is 0 Å². The van der Waals surface area contributed by atoms with Gasteiger partial charge in [0.1, 0.15) is 17.6 Å². The van der Waals surface area contributed by atoms with Crippen LogP contribution in [0.1, 0.15) is 31.7 Å². The highest BCUT2D eigenvalue weighted by atomic mass is 16.5. The van der Waals surface area contributed by atoms with Crippen LogP contribution in [0.25, 0.3) is 22.7 Å². The molecule has 0 aliphatic heterocycles. The first-order chi connectivity index (χ1) is 11.7. The van der Waals surface area contributed by atoms with Gasteiger partial charge in [0.15, 0.2) is 0 Å². The molecule has 1 heterocycles. The molecule has 0 amide bonds. The van der Waals surface area contributed by atoms with E-state index in [0.717, 1.165) is 28.8 Å². The van der Waals surface area contributed by atoms with Crippen molar-refractivity contribution >= 4 is 22.7 Å². The van der Waals surface area contributed by atoms with Crippen molar-refractivity contribution in [3.05, 3.63) is 59.9 Å². The Morgan fingerprint density at radius 2 is 2.00 bits per heavy atom. The van der Waals surface area contributed by atoms with Gasteiger partial charge in [-0.3, -0.25) is 0 Å². The standard InChI is InChI=1S/C20H19N3O/c1-3-14(2)24-19-11-7-4-8-15(19)12-16(13-21)20-22-17-9-5-6-10-18(17)23-20/h4-12,14H,3H2,1-2H3,(H,22,23). The second-order valence-electron chi connectivity index (χ2n) is 5.65. The second-order valence-corrected chi connectivity index (χ2v) is 5.65. The number of rotatable bonds is 5. The van der Waals surface area contributed by atoms with Gasteiger partial charge >= 0.3 is 0 Å². The number of nitrogens with zero attached hydrogens (tertiary/aromatic N) is 2. The van der Waals surface area contributed by atoms with Crippen molar-refractivity contribution in [2.45, 2.75) is 26.4 Å². The summed E-state index contributed by atoms with van der Waals surface area (Å²) in [6.07, 6.45) is 2.86. The molecule has 0 radical (unpaired) electrons. The molecule has 0 spiro atoms. The number of imidazole rings is 1. The predicted octanol–water partition coefficient (Wildman–Crippen LogP) is 4.80. The zero-order valence-electron chi connectivity index (χ0n) is 13.8. The van der Waals surface area contributed by atoms with E-state index in [9.17, 15) is 5.26 Å². The lowest BCUT2D eigenvalue weighted by atomic mass is 10.1. The van der Waals surface area contributed by atoms with Crippen LogP contribution in [0.4, 0.5) is 0 Å². The van der Waals surface area contributed by atoms with Gasteiger partial charge < -0.3 is 9.72 Å². The maximum absolute atomic E-state index is 9.57. The molecule has 4 nitrogen and oxygen atoms in total. The number of H-pyrrole nitrogens is 1. The lowest BCUT2D eigenvalue weighted by Crippen LogP contribution is -2.10. The number of nitrogens with one attached hydrogen (secondary N) is 1. The largest absolute Gasteiger partial charge is 0.490 e. The number of fused-ring (bicyclic) bond motifs is 1. The van der Waals surface area contributed by atoms with Gasteiger partial charge in [0.25, 0.3) is 0 Å². The average molecular weight is 317 g/mol. The van der Waals surface area contributed by atoms with Crippen molar-refractivity contribution in [1.82, 2.24) is 9.97 Å². The minimum absolute atomic E-state index is 0.122. The molecular formula is C20H19N3O. The second kappa shape index (κ2) is 7.01. The van der Waals surface area contributed by atoms with Crippen LogP contribution >= 0.6 is 0 Å². The van der Waals surface area contributed by atoms with Gasteiger partial charge in [-0.1, -0.05) is 37.3 Å². The number of benzene rings is 2. The minimum atomic E-state index is 0.122. The first kappa shape index (κ1) is 15.8. The SMILES string of the molecule is CCC(C)Oc1ccccc1C=C(C#N)c1nc2ccccc2[nH]1. The normalized spacial score (nSPS) is 12.8. The van der Waals surface area contributed by atoms with Gasteiger partial charge in [0, 0.05) is 5.56 Å². The molecule has 2 aromatic carbocycles. The third-order valence-corrected chi connectivity index (χ3v) is 3.89. The summed E-state index contributed by atoms with van der Waals surface area (Å²) >= 11 is 0. The summed E-state index contributed by atoms with van der Waals surface area (Å²) in [6, 6.07) is 17.7. The van der Waals surface area contributed by atoms with E-state index in [1.807, 2.05) is 61.5 Å². The monoisotopic (exact) mass is 317 g/mol. The molecule has 4 heteroatoms. The summed E-state index contributed by atoms with van der Waals surface area (Å²) in [7, 11) is 0. The van der Waals surface area contributed by atoms with Crippen LogP contribution in [-0.2, 0) is 0 Å². The van der Waals surface area contributed by atoms with Crippen LogP contribution in [-0.4, -0.2) is 16.1 Å². The molecule has 120 valence electrons. The lowest BCUT2D eigenvalue weighted by molar-refractivity contribution is 0.217. The van der Waals surface area contributed by atoms with Gasteiger partial charge in [0.05, 0.1) is 22.7 Å². The summed E-state index contributed by atoms with van der Waals surface area (Å²) in [5, 5.41) is 9.57. The van der Waals surface area contributed by atoms with Crippen LogP contribution in [0.5, 0.6) is 5.75 Å². The van der Waals surface area contributed by atoms with Crippen LogP contribution in [0.15, 0.2) is 48.5 Å². The number of aromatic nitrogens is 2. The third kappa shape index (κ3) is 3.31. The molecule has 3 aromatic rings. The van der Waals surface area contributed by atoms with E-state index in [1.54, 1.807) is 0 Å². The third-order valence-electron chi connectivity index (χ3n) is 3.89. The van der Waals surface area contributed by atoms with Crippen molar-refractivity contribution < 1.29 is 4.74 Å². The first-order valence-electron chi connectivity index (χ1n) is 8.04. The van der Waals surface area contributed by atoms with Gasteiger partial charge in [-0.15, -0.1) is 0 Å². The number of ether oxygens (including phenoxy) is 1. The summed E-state index contributed by atoms with van der Waals surface area (Å²) in [5.74, 6) is 1.34. The number of para-hydroxylation sites is 3. The molecule has 24 heavy (non-hydrogen) atoms. The Kier molecular flexibility index (Phi) is 4.62. The van der Waals surface area contributed by atoms with Gasteiger partial charge in [-0.05, 0) is 37.6 Å². The Morgan fingerprint density at radius 1 is 1.25 bits per heavy atom. The quantitative estimate of drug-likeness (QED) is 0.687. The Labute approximate surface area is 141 Å². The van der Waals surface area contributed by atoms with Crippen molar-refractivity contribution in [3.8, 4) is 11.8 Å². The lowest BCUT2D eigenvalue weighted by Gasteiger charge is -2.14. The molecule has 1 aromatic heterocycles. The Balaban J connectivity index is 2.01. The van der Waals surface area contributed by atoms with Crippen LogP contribution in [0.3, 0.4) is 0 Å². The first-order valence-corrected chi connectivity index (χ1v) is 8.04. The van der Waals surface area contributed by atoms with E-state index in [0.29, 0.717) is 11.4 Å². The maximum atomic E-state index is 9.57. The number of hydrogen-bond acceptors (Lipinski definition) is 3. The molecule has 3 rings (SSSR count). The molecular weight excluding hydrogens is 298 g/mol. The highest BCUT2D eigenvalue weighted by Crippen LogP contribution is 2.25. The fraction of sp³-hybridized carbons (Fsp3) is 0.200. The fourth-order valence-electron chi connectivity index (χ4n) is 2.40. The smallest absolute Gasteiger partial charge is 0.149 e. The van der Waals surface area contributed by atoms with Crippen molar-refractivity contribution in [1.29, 1.82) is 5.26 Å². The number of aromatic amines is 1. The minimum Gasteiger partial charge on any atom is -0.490 e. The van der Waals surface area contributed by atoms with Gasteiger partial charge in [-0.25, -0.2) is 4.98 Å². The molecule has 0 aliphatic carbocycles. The number of hydrogen-bond donors (Lipinski definition) is 1. The highest BCUT2D eigenvalue weighted by molar-refractivity contribution is 5.91. The molecule has 0 saturated carbocycles. The topological polar surface area (TPSA) is 61.7 Å². The molecule has 0 fully saturated rings. The van der Waals surface area contributed by atoms with E-state index in [4.69, 9.17) is 4.74 Å². The fourth-order valence-corrected chi connectivity index (χ4v) is 2.40. The van der Waals surface area contributed by atoms with Crippen LogP contribution < -0.4 is 4.74 Å². The van der Waals surface area contributed by atoms with Crippen LogP contribution in [0.2, 0.25) is 0 Å². The Morgan fingerprint density at radius 3 is 2.75 bits per heavy atom. The van der Waals surface area contributed by atoms with Crippen LogP contribution in [0, 0.1) is 11.3 Å². The van der Waals surface area contributed by atoms with Gasteiger partial charge in [0.2, 0.25) is 0 Å². The molecule has 0 bridgehead atoms. The van der Waals surface area contributed by atoms with E-state index < -0.39 is 0 Å². The molecule has 1 atom stereocenters. The van der Waals surface area contributed by atoms with E-state index >= 15 is 0 Å². The molecule has 1 unspecified atom stereocenters. The summed E-state index contributed by atoms with van der Waals surface area (Å²) in [4.78, 5) is 7.70.